The van der Waals surface area contributed by atoms with Crippen LogP contribution in [0.15, 0.2) is 24.3 Å². The molecule has 0 aliphatic carbocycles. The first-order valence-corrected chi connectivity index (χ1v) is 5.07. The molecular formula is C12H21Cl4NaO5Ti. The number of esters is 1. The Morgan fingerprint density at radius 1 is 1.00 bits per heavy atom. The Hall–Kier alpha value is 1.28. The van der Waals surface area contributed by atoms with E-state index in [1.54, 1.807) is 18.2 Å². The van der Waals surface area contributed by atoms with Crippen LogP contribution in [0.25, 0.3) is 0 Å². The molecule has 1 N–H and O–H groups in total. The van der Waals surface area contributed by atoms with E-state index in [0.29, 0.717) is 5.56 Å². The van der Waals surface area contributed by atoms with Crippen LogP contribution in [0.1, 0.15) is 11.5 Å². The molecule has 0 aliphatic heterocycles. The summed E-state index contributed by atoms with van der Waals surface area (Å²) in [4.78, 5) is 11.7. The number of phenols is 1. The van der Waals surface area contributed by atoms with Gasteiger partial charge in [0.25, 0.3) is 0 Å². The molecule has 0 amide bonds. The minimum absolute atomic E-state index is 0. The number of rotatable bonds is 5. The van der Waals surface area contributed by atoms with Gasteiger partial charge in [-0.15, -0.1) is 49.6 Å². The van der Waals surface area contributed by atoms with Crippen LogP contribution >= 0.6 is 49.6 Å². The molecule has 0 aromatic heterocycles. The van der Waals surface area contributed by atoms with Gasteiger partial charge >= 0.3 is 35.5 Å². The van der Waals surface area contributed by atoms with Crippen molar-refractivity contribution in [2.24, 2.45) is 0 Å². The largest absolute Gasteiger partial charge is 0 e. The average Bonchev–Trinajstić information content (AvgIpc) is 2.36. The summed E-state index contributed by atoms with van der Waals surface area (Å²) in [5, 5.41) is 9.75. The normalized spacial score (nSPS) is 9.22. The van der Waals surface area contributed by atoms with Gasteiger partial charge in [-0.3, -0.25) is 4.79 Å². The number of hydrogen-bond acceptors (Lipinski definition) is 5. The molecule has 1 rings (SSSR count). The first kappa shape index (κ1) is 39.4. The second-order valence-electron chi connectivity index (χ2n) is 3.40. The standard InChI is InChI=1S/C12H16O5.4ClH.Na.Ti.H/c1-15-11(14)10(12(16-2)17-3)8-6-4-5-7-9(8)13;;;;;;;/h4-7,10,12-13H,1-3H3;4*1H;;;. The summed E-state index contributed by atoms with van der Waals surface area (Å²) in [6.07, 6.45) is -0.809. The Morgan fingerprint density at radius 2 is 1.43 bits per heavy atom. The van der Waals surface area contributed by atoms with Crippen molar-refractivity contribution in [2.75, 3.05) is 21.3 Å². The summed E-state index contributed by atoms with van der Waals surface area (Å²) < 4.78 is 14.8. The van der Waals surface area contributed by atoms with Crippen molar-refractivity contribution in [1.82, 2.24) is 0 Å². The van der Waals surface area contributed by atoms with Gasteiger partial charge in [-0.1, -0.05) is 18.2 Å². The number of hydrogen-bond donors (Lipinski definition) is 1. The predicted molar refractivity (Wildman–Crippen MR) is 96.8 cm³/mol. The zero-order chi connectivity index (χ0) is 12.8. The number of carbonyl (C=O) groups excluding carboxylic acids is 1. The van der Waals surface area contributed by atoms with Gasteiger partial charge in [-0.25, -0.2) is 0 Å². The van der Waals surface area contributed by atoms with Crippen molar-refractivity contribution < 1.29 is 45.8 Å². The Labute approximate surface area is 198 Å². The Kier molecular flexibility index (Phi) is 36.5. The molecule has 0 heterocycles. The fourth-order valence-corrected chi connectivity index (χ4v) is 1.63. The van der Waals surface area contributed by atoms with Crippen molar-refractivity contribution in [3.63, 3.8) is 0 Å². The minimum atomic E-state index is -0.823. The Bertz CT molecular complexity index is 399. The molecular weight excluding hydrogens is 437 g/mol. The van der Waals surface area contributed by atoms with E-state index >= 15 is 0 Å². The number of carbonyl (C=O) groups is 1. The molecule has 1 atom stereocenters. The zero-order valence-electron chi connectivity index (χ0n) is 12.2. The number of para-hydroxylation sites is 1. The van der Waals surface area contributed by atoms with Crippen LogP contribution < -0.4 is 0 Å². The third-order valence-corrected chi connectivity index (χ3v) is 2.46. The molecule has 0 bridgehead atoms. The van der Waals surface area contributed by atoms with E-state index in [4.69, 9.17) is 14.2 Å². The third-order valence-electron chi connectivity index (χ3n) is 2.46. The van der Waals surface area contributed by atoms with Gasteiger partial charge in [-0.05, 0) is 6.07 Å². The number of ether oxygens (including phenoxy) is 3. The number of halogens is 4. The molecule has 0 aliphatic rings. The van der Waals surface area contributed by atoms with Gasteiger partial charge in [0.2, 0.25) is 0 Å². The van der Waals surface area contributed by atoms with Gasteiger partial charge in [0.1, 0.15) is 11.7 Å². The molecule has 1 unspecified atom stereocenters. The van der Waals surface area contributed by atoms with E-state index in [9.17, 15) is 9.90 Å². The van der Waals surface area contributed by atoms with Crippen LogP contribution in [0.5, 0.6) is 5.75 Å². The summed E-state index contributed by atoms with van der Waals surface area (Å²) in [7, 11) is 4.12. The Morgan fingerprint density at radius 3 is 1.78 bits per heavy atom. The molecule has 0 spiro atoms. The van der Waals surface area contributed by atoms with E-state index < -0.39 is 18.2 Å². The molecule has 0 radical (unpaired) electrons. The maximum Gasteiger partial charge on any atom is 0 e. The second kappa shape index (κ2) is 21.3. The molecule has 0 fully saturated rings. The molecule has 1 aromatic carbocycles. The van der Waals surface area contributed by atoms with E-state index in [2.05, 4.69) is 0 Å². The number of benzene rings is 1. The maximum absolute atomic E-state index is 11.7. The molecule has 23 heavy (non-hydrogen) atoms. The summed E-state index contributed by atoms with van der Waals surface area (Å²) >= 11 is 0. The molecule has 0 saturated carbocycles. The topological polar surface area (TPSA) is 65.0 Å². The van der Waals surface area contributed by atoms with Gasteiger partial charge in [0.05, 0.1) is 7.11 Å². The van der Waals surface area contributed by atoms with Gasteiger partial charge in [-0.2, -0.15) is 0 Å². The first-order chi connectivity index (χ1) is 8.15. The minimum Gasteiger partial charge on any atom is 0 e. The van der Waals surface area contributed by atoms with E-state index in [0.717, 1.165) is 0 Å². The van der Waals surface area contributed by atoms with Crippen LogP contribution in [-0.2, 0) is 40.7 Å². The maximum atomic E-state index is 11.7. The monoisotopic (exact) mass is 456 g/mol. The van der Waals surface area contributed by atoms with Gasteiger partial charge in [0, 0.05) is 41.5 Å². The number of aromatic hydroxyl groups is 1. The second-order valence-corrected chi connectivity index (χ2v) is 3.40. The van der Waals surface area contributed by atoms with Crippen LogP contribution in [0.2, 0.25) is 0 Å². The summed E-state index contributed by atoms with van der Waals surface area (Å²) in [5.74, 6) is -1.35. The van der Waals surface area contributed by atoms with E-state index in [1.807, 2.05) is 0 Å². The van der Waals surface area contributed by atoms with Crippen molar-refractivity contribution in [3.8, 4) is 5.75 Å². The smallest absolute Gasteiger partial charge is 0 e. The van der Waals surface area contributed by atoms with Gasteiger partial charge in [0.15, 0.2) is 6.29 Å². The number of phenolic OH excluding ortho intramolecular Hbond substituents is 1. The molecule has 1 aromatic rings. The fourth-order valence-electron chi connectivity index (χ4n) is 1.63. The van der Waals surface area contributed by atoms with Crippen molar-refractivity contribution >= 4 is 85.2 Å². The van der Waals surface area contributed by atoms with E-state index in [1.165, 1.54) is 27.4 Å². The summed E-state index contributed by atoms with van der Waals surface area (Å²) in [5.41, 5.74) is 0.410. The van der Waals surface area contributed by atoms with E-state index in [-0.39, 0.29) is 107 Å². The number of methoxy groups -OCH3 is 3. The summed E-state index contributed by atoms with van der Waals surface area (Å²) in [6.45, 7) is 0. The van der Waals surface area contributed by atoms with Crippen LogP contribution in [0.4, 0.5) is 0 Å². The van der Waals surface area contributed by atoms with Crippen LogP contribution in [-0.4, -0.2) is 68.3 Å². The predicted octanol–water partition coefficient (Wildman–Crippen LogP) is 2.30. The van der Waals surface area contributed by atoms with Crippen LogP contribution in [0, 0.1) is 0 Å². The Balaban J connectivity index is -0.000000120. The van der Waals surface area contributed by atoms with Gasteiger partial charge < -0.3 is 19.3 Å². The summed E-state index contributed by atoms with van der Waals surface area (Å²) in [6, 6.07) is 6.50. The third kappa shape index (κ3) is 11.5. The molecule has 0 saturated heterocycles. The quantitative estimate of drug-likeness (QED) is 0.417. The zero-order valence-corrected chi connectivity index (χ0v) is 17.0. The van der Waals surface area contributed by atoms with Crippen molar-refractivity contribution in [2.45, 2.75) is 12.2 Å². The molecule has 5 nitrogen and oxygen atoms in total. The van der Waals surface area contributed by atoms with Crippen molar-refractivity contribution in [1.29, 1.82) is 0 Å². The average molecular weight is 458 g/mol. The SMILES string of the molecule is COC(=O)C(c1ccccc1O)C(OC)OC.Cl.Cl.Cl.Cl.[NaH].[Ti]. The fraction of sp³-hybridized carbons (Fsp3) is 0.417. The molecule has 11 heteroatoms. The van der Waals surface area contributed by atoms with Crippen LogP contribution in [0.3, 0.4) is 0 Å². The van der Waals surface area contributed by atoms with Crippen molar-refractivity contribution in [3.05, 3.63) is 29.8 Å². The first-order valence-electron chi connectivity index (χ1n) is 5.07. The molecule has 132 valence electrons.